The summed E-state index contributed by atoms with van der Waals surface area (Å²) in [4.78, 5) is 12.4. The second kappa shape index (κ2) is 6.91. The number of aryl methyl sites for hydroxylation is 1. The van der Waals surface area contributed by atoms with Gasteiger partial charge in [0.25, 0.3) is 0 Å². The molecular formula is C16H16O3S. The molecular weight excluding hydrogens is 272 g/mol. The van der Waals surface area contributed by atoms with Crippen molar-refractivity contribution in [1.29, 1.82) is 0 Å². The maximum absolute atomic E-state index is 10.5. The molecule has 1 aromatic heterocycles. The molecule has 2 rings (SSSR count). The van der Waals surface area contributed by atoms with Crippen molar-refractivity contribution < 1.29 is 14.6 Å². The third kappa shape index (κ3) is 3.96. The highest BCUT2D eigenvalue weighted by molar-refractivity contribution is 7.12. The summed E-state index contributed by atoms with van der Waals surface area (Å²) < 4.78 is 5.82. The van der Waals surface area contributed by atoms with E-state index in [0.717, 1.165) is 28.0 Å². The molecule has 2 aromatic rings. The molecule has 0 saturated heterocycles. The largest absolute Gasteiger partial charge is 0.488 e. The van der Waals surface area contributed by atoms with Crippen LogP contribution in [-0.4, -0.2) is 11.1 Å². The number of hydrogen-bond donors (Lipinski definition) is 1. The van der Waals surface area contributed by atoms with Crippen molar-refractivity contribution >= 4 is 23.4 Å². The van der Waals surface area contributed by atoms with Gasteiger partial charge in [0.1, 0.15) is 12.4 Å². The Labute approximate surface area is 122 Å². The van der Waals surface area contributed by atoms with Gasteiger partial charge in [-0.2, -0.15) is 0 Å². The molecule has 3 nitrogen and oxygen atoms in total. The van der Waals surface area contributed by atoms with Gasteiger partial charge in [-0.25, -0.2) is 4.79 Å². The summed E-state index contributed by atoms with van der Waals surface area (Å²) in [6.07, 6.45) is 3.67. The molecule has 1 N–H and O–H groups in total. The molecule has 0 unspecified atom stereocenters. The van der Waals surface area contributed by atoms with Gasteiger partial charge in [0, 0.05) is 15.8 Å². The third-order valence-corrected chi connectivity index (χ3v) is 3.82. The molecule has 0 spiro atoms. The van der Waals surface area contributed by atoms with Crippen molar-refractivity contribution in [2.75, 3.05) is 0 Å². The predicted octanol–water partition coefficient (Wildman–Crippen LogP) is 3.99. The molecule has 0 aliphatic heterocycles. The lowest BCUT2D eigenvalue weighted by Crippen LogP contribution is -1.96. The Bertz CT molecular complexity index is 614. The monoisotopic (exact) mass is 288 g/mol. The summed E-state index contributed by atoms with van der Waals surface area (Å²) in [6, 6.07) is 11.9. The van der Waals surface area contributed by atoms with E-state index >= 15 is 0 Å². The van der Waals surface area contributed by atoms with Crippen LogP contribution in [0.2, 0.25) is 0 Å². The van der Waals surface area contributed by atoms with Gasteiger partial charge >= 0.3 is 5.97 Å². The fraction of sp³-hybridized carbons (Fsp3) is 0.188. The van der Waals surface area contributed by atoms with Gasteiger partial charge in [-0.15, -0.1) is 11.3 Å². The minimum absolute atomic E-state index is 0.503. The minimum Gasteiger partial charge on any atom is -0.488 e. The molecule has 0 radical (unpaired) electrons. The highest BCUT2D eigenvalue weighted by Gasteiger charge is 2.03. The van der Waals surface area contributed by atoms with E-state index < -0.39 is 5.97 Å². The number of rotatable bonds is 6. The molecule has 0 aliphatic carbocycles. The van der Waals surface area contributed by atoms with Crippen molar-refractivity contribution in [3.63, 3.8) is 0 Å². The van der Waals surface area contributed by atoms with Crippen molar-refractivity contribution in [2.45, 2.75) is 20.0 Å². The SMILES string of the molecule is CCc1ccccc1OCc1ccc(C=CC(=O)O)s1. The average molecular weight is 288 g/mol. The van der Waals surface area contributed by atoms with Gasteiger partial charge in [-0.1, -0.05) is 25.1 Å². The number of benzene rings is 1. The van der Waals surface area contributed by atoms with E-state index in [9.17, 15) is 4.79 Å². The number of para-hydroxylation sites is 1. The summed E-state index contributed by atoms with van der Waals surface area (Å²) in [5.41, 5.74) is 1.19. The number of carboxylic acid groups (broad SMARTS) is 1. The van der Waals surface area contributed by atoms with Crippen LogP contribution in [-0.2, 0) is 17.8 Å². The van der Waals surface area contributed by atoms with E-state index in [-0.39, 0.29) is 0 Å². The lowest BCUT2D eigenvalue weighted by atomic mass is 10.1. The molecule has 0 atom stereocenters. The van der Waals surface area contributed by atoms with E-state index in [1.165, 1.54) is 16.9 Å². The van der Waals surface area contributed by atoms with E-state index in [2.05, 4.69) is 13.0 Å². The van der Waals surface area contributed by atoms with Gasteiger partial charge in [-0.05, 0) is 36.3 Å². The predicted molar refractivity (Wildman–Crippen MR) is 81.1 cm³/mol. The van der Waals surface area contributed by atoms with Gasteiger partial charge in [0.15, 0.2) is 0 Å². The Hall–Kier alpha value is -2.07. The smallest absolute Gasteiger partial charge is 0.328 e. The number of ether oxygens (including phenoxy) is 1. The van der Waals surface area contributed by atoms with Gasteiger partial charge < -0.3 is 9.84 Å². The van der Waals surface area contributed by atoms with Crippen molar-refractivity contribution in [3.05, 3.63) is 57.8 Å². The summed E-state index contributed by atoms with van der Waals surface area (Å²) in [5.74, 6) is -0.0286. The average Bonchev–Trinajstić information content (AvgIpc) is 2.91. The van der Waals surface area contributed by atoms with Crippen molar-refractivity contribution in [2.24, 2.45) is 0 Å². The quantitative estimate of drug-likeness (QED) is 0.818. The first-order valence-electron chi connectivity index (χ1n) is 6.39. The molecule has 0 bridgehead atoms. The fourth-order valence-corrected chi connectivity index (χ4v) is 2.63. The van der Waals surface area contributed by atoms with Crippen LogP contribution in [0.3, 0.4) is 0 Å². The molecule has 1 heterocycles. The Balaban J connectivity index is 1.99. The van der Waals surface area contributed by atoms with Crippen molar-refractivity contribution in [3.8, 4) is 5.75 Å². The van der Waals surface area contributed by atoms with Crippen LogP contribution < -0.4 is 4.74 Å². The normalized spacial score (nSPS) is 10.8. The van der Waals surface area contributed by atoms with Crippen molar-refractivity contribution in [1.82, 2.24) is 0 Å². The Morgan fingerprint density at radius 1 is 1.30 bits per heavy atom. The van der Waals surface area contributed by atoms with Crippen LogP contribution in [0.25, 0.3) is 6.08 Å². The standard InChI is InChI=1S/C16H16O3S/c1-2-12-5-3-4-6-15(12)19-11-14-8-7-13(20-14)9-10-16(17)18/h3-10H,2,11H2,1H3,(H,17,18). The number of carboxylic acids is 1. The highest BCUT2D eigenvalue weighted by atomic mass is 32.1. The summed E-state index contributed by atoms with van der Waals surface area (Å²) in [5, 5.41) is 8.58. The molecule has 0 aliphatic rings. The first kappa shape index (κ1) is 14.3. The van der Waals surface area contributed by atoms with Crippen LogP contribution in [0, 0.1) is 0 Å². The van der Waals surface area contributed by atoms with Crippen LogP contribution >= 0.6 is 11.3 Å². The van der Waals surface area contributed by atoms with Gasteiger partial charge in [0.2, 0.25) is 0 Å². The van der Waals surface area contributed by atoms with Gasteiger partial charge in [-0.3, -0.25) is 0 Å². The maximum Gasteiger partial charge on any atom is 0.328 e. The molecule has 4 heteroatoms. The van der Waals surface area contributed by atoms with E-state index in [1.807, 2.05) is 30.3 Å². The summed E-state index contributed by atoms with van der Waals surface area (Å²) in [7, 11) is 0. The van der Waals surface area contributed by atoms with E-state index in [1.54, 1.807) is 6.08 Å². The molecule has 104 valence electrons. The zero-order chi connectivity index (χ0) is 14.4. The third-order valence-electron chi connectivity index (χ3n) is 2.80. The highest BCUT2D eigenvalue weighted by Crippen LogP contribution is 2.23. The van der Waals surface area contributed by atoms with E-state index in [4.69, 9.17) is 9.84 Å². The summed E-state index contributed by atoms with van der Waals surface area (Å²) in [6.45, 7) is 2.60. The first-order valence-corrected chi connectivity index (χ1v) is 7.21. The van der Waals surface area contributed by atoms with E-state index in [0.29, 0.717) is 6.61 Å². The Morgan fingerprint density at radius 3 is 2.85 bits per heavy atom. The fourth-order valence-electron chi connectivity index (χ4n) is 1.80. The number of hydrogen-bond acceptors (Lipinski definition) is 3. The van der Waals surface area contributed by atoms with Crippen LogP contribution in [0.5, 0.6) is 5.75 Å². The van der Waals surface area contributed by atoms with Gasteiger partial charge in [0.05, 0.1) is 0 Å². The Kier molecular flexibility index (Phi) is 4.96. The zero-order valence-corrected chi connectivity index (χ0v) is 12.0. The molecule has 20 heavy (non-hydrogen) atoms. The molecule has 1 aromatic carbocycles. The van der Waals surface area contributed by atoms with Crippen LogP contribution in [0.4, 0.5) is 0 Å². The maximum atomic E-state index is 10.5. The zero-order valence-electron chi connectivity index (χ0n) is 11.2. The lowest BCUT2D eigenvalue weighted by Gasteiger charge is -2.08. The second-order valence-corrected chi connectivity index (χ2v) is 5.43. The van der Waals surface area contributed by atoms with Crippen LogP contribution in [0.15, 0.2) is 42.5 Å². The first-order chi connectivity index (χ1) is 9.69. The second-order valence-electron chi connectivity index (χ2n) is 4.23. The molecule has 0 fully saturated rings. The molecule has 0 saturated carbocycles. The lowest BCUT2D eigenvalue weighted by molar-refractivity contribution is -0.131. The number of carbonyl (C=O) groups is 1. The van der Waals surface area contributed by atoms with Crippen LogP contribution in [0.1, 0.15) is 22.2 Å². The molecule has 0 amide bonds. The minimum atomic E-state index is -0.937. The Morgan fingerprint density at radius 2 is 2.10 bits per heavy atom. The summed E-state index contributed by atoms with van der Waals surface area (Å²) >= 11 is 1.53. The number of thiophene rings is 1. The topological polar surface area (TPSA) is 46.5 Å². The number of aliphatic carboxylic acids is 1.